The van der Waals surface area contributed by atoms with E-state index in [2.05, 4.69) is 36.5 Å². The second kappa shape index (κ2) is 7.80. The van der Waals surface area contributed by atoms with Crippen molar-refractivity contribution in [2.75, 3.05) is 6.54 Å². The quantitative estimate of drug-likeness (QED) is 0.742. The maximum atomic E-state index is 4.34. The van der Waals surface area contributed by atoms with Crippen molar-refractivity contribution < 1.29 is 0 Å². The third kappa shape index (κ3) is 4.62. The van der Waals surface area contributed by atoms with Crippen LogP contribution in [0.4, 0.5) is 0 Å². The highest BCUT2D eigenvalue weighted by Crippen LogP contribution is 2.15. The number of aromatic nitrogens is 1. The van der Waals surface area contributed by atoms with Gasteiger partial charge in [-0.2, -0.15) is 0 Å². The van der Waals surface area contributed by atoms with Crippen molar-refractivity contribution in [3.63, 3.8) is 0 Å². The van der Waals surface area contributed by atoms with Crippen molar-refractivity contribution in [1.29, 1.82) is 0 Å². The molecule has 0 aliphatic rings. The molecule has 0 aliphatic carbocycles. The van der Waals surface area contributed by atoms with E-state index >= 15 is 0 Å². The molecule has 3 heteroatoms. The zero-order valence-electron chi connectivity index (χ0n) is 10.7. The van der Waals surface area contributed by atoms with Crippen molar-refractivity contribution in [3.05, 3.63) is 16.6 Å². The number of unbranched alkanes of at least 4 members (excludes halogenated alkanes) is 1. The Kier molecular flexibility index (Phi) is 6.65. The lowest BCUT2D eigenvalue weighted by Crippen LogP contribution is -2.25. The molecule has 0 aliphatic heterocycles. The smallest absolute Gasteiger partial charge is 0.0795 e. The summed E-state index contributed by atoms with van der Waals surface area (Å²) in [6.07, 6.45) is 5.28. The zero-order chi connectivity index (χ0) is 11.8. The number of nitrogens with one attached hydrogen (secondary N) is 1. The second-order valence-electron chi connectivity index (χ2n) is 4.46. The molecule has 0 fully saturated rings. The van der Waals surface area contributed by atoms with Gasteiger partial charge < -0.3 is 5.32 Å². The summed E-state index contributed by atoms with van der Waals surface area (Å²) >= 11 is 1.67. The van der Waals surface area contributed by atoms with Gasteiger partial charge in [0.2, 0.25) is 0 Å². The molecule has 1 aromatic heterocycles. The number of hydrogen-bond acceptors (Lipinski definition) is 3. The van der Waals surface area contributed by atoms with Gasteiger partial charge in [-0.15, -0.1) is 11.3 Å². The van der Waals surface area contributed by atoms with Crippen molar-refractivity contribution in [3.8, 4) is 0 Å². The first kappa shape index (κ1) is 13.7. The first-order valence-electron chi connectivity index (χ1n) is 6.39. The van der Waals surface area contributed by atoms with Crippen LogP contribution in [0, 0.1) is 5.92 Å². The molecule has 1 N–H and O–H groups in total. The minimum absolute atomic E-state index is 0.391. The summed E-state index contributed by atoms with van der Waals surface area (Å²) in [6, 6.07) is 0.391. The topological polar surface area (TPSA) is 24.9 Å². The third-order valence-corrected chi connectivity index (χ3v) is 3.76. The van der Waals surface area contributed by atoms with Gasteiger partial charge in [-0.1, -0.05) is 33.1 Å². The fraction of sp³-hybridized carbons (Fsp3) is 0.769. The van der Waals surface area contributed by atoms with Crippen molar-refractivity contribution in [1.82, 2.24) is 10.3 Å². The van der Waals surface area contributed by atoms with Crippen molar-refractivity contribution in [2.45, 2.75) is 52.5 Å². The van der Waals surface area contributed by atoms with Crippen molar-refractivity contribution in [2.24, 2.45) is 5.92 Å². The second-order valence-corrected chi connectivity index (χ2v) is 5.18. The Morgan fingerprint density at radius 2 is 2.25 bits per heavy atom. The van der Waals surface area contributed by atoms with Crippen LogP contribution >= 0.6 is 11.3 Å². The molecule has 0 radical (unpaired) electrons. The van der Waals surface area contributed by atoms with E-state index in [4.69, 9.17) is 0 Å². The van der Waals surface area contributed by atoms with Gasteiger partial charge in [-0.3, -0.25) is 0 Å². The molecule has 0 spiro atoms. The minimum Gasteiger partial charge on any atom is -0.309 e. The van der Waals surface area contributed by atoms with Crippen LogP contribution in [0.2, 0.25) is 0 Å². The standard InChI is InChI=1S/C13H24N2S/c1-4-6-7-12(5-2)8-14-11(3)13-9-16-10-15-13/h9-12,14H,4-8H2,1-3H3. The molecule has 92 valence electrons. The fourth-order valence-electron chi connectivity index (χ4n) is 1.83. The molecular weight excluding hydrogens is 216 g/mol. The number of nitrogens with zero attached hydrogens (tertiary/aromatic N) is 1. The first-order chi connectivity index (χ1) is 7.77. The van der Waals surface area contributed by atoms with Gasteiger partial charge in [0.1, 0.15) is 0 Å². The molecule has 0 aromatic carbocycles. The van der Waals surface area contributed by atoms with Crippen LogP contribution in [-0.2, 0) is 0 Å². The van der Waals surface area contributed by atoms with Crippen LogP contribution in [0.15, 0.2) is 10.9 Å². The van der Waals surface area contributed by atoms with Gasteiger partial charge in [0.05, 0.1) is 11.2 Å². The SMILES string of the molecule is CCCCC(CC)CNC(C)c1cscn1. The van der Waals surface area contributed by atoms with Crippen LogP contribution in [-0.4, -0.2) is 11.5 Å². The Bertz CT molecular complexity index is 259. The lowest BCUT2D eigenvalue weighted by atomic mass is 9.99. The lowest BCUT2D eigenvalue weighted by molar-refractivity contribution is 0.397. The highest BCUT2D eigenvalue weighted by atomic mass is 32.1. The molecule has 0 amide bonds. The number of hydrogen-bond donors (Lipinski definition) is 1. The molecule has 16 heavy (non-hydrogen) atoms. The highest BCUT2D eigenvalue weighted by Gasteiger charge is 2.10. The normalized spacial score (nSPS) is 14.9. The van der Waals surface area contributed by atoms with Gasteiger partial charge in [0.25, 0.3) is 0 Å². The number of rotatable bonds is 8. The third-order valence-electron chi connectivity index (χ3n) is 3.15. The lowest BCUT2D eigenvalue weighted by Gasteiger charge is -2.18. The highest BCUT2D eigenvalue weighted by molar-refractivity contribution is 7.07. The molecule has 0 saturated heterocycles. The predicted octanol–water partition coefficient (Wildman–Crippen LogP) is 4.01. The predicted molar refractivity (Wildman–Crippen MR) is 71.8 cm³/mol. The van der Waals surface area contributed by atoms with E-state index in [0.29, 0.717) is 6.04 Å². The Morgan fingerprint density at radius 1 is 1.44 bits per heavy atom. The largest absolute Gasteiger partial charge is 0.309 e. The Hall–Kier alpha value is -0.410. The van der Waals surface area contributed by atoms with Crippen LogP contribution in [0.3, 0.4) is 0 Å². The van der Waals surface area contributed by atoms with E-state index in [-0.39, 0.29) is 0 Å². The van der Waals surface area contributed by atoms with Crippen LogP contribution in [0.1, 0.15) is 58.2 Å². The summed E-state index contributed by atoms with van der Waals surface area (Å²) in [4.78, 5) is 4.34. The average Bonchev–Trinajstić information content (AvgIpc) is 2.82. The molecule has 0 saturated carbocycles. The fourth-order valence-corrected chi connectivity index (χ4v) is 2.47. The van der Waals surface area contributed by atoms with E-state index in [1.165, 1.54) is 31.4 Å². The maximum absolute atomic E-state index is 4.34. The maximum Gasteiger partial charge on any atom is 0.0795 e. The minimum atomic E-state index is 0.391. The number of thiazole rings is 1. The Morgan fingerprint density at radius 3 is 2.81 bits per heavy atom. The summed E-state index contributed by atoms with van der Waals surface area (Å²) < 4.78 is 0. The summed E-state index contributed by atoms with van der Waals surface area (Å²) in [5.74, 6) is 0.820. The van der Waals surface area contributed by atoms with Gasteiger partial charge in [-0.25, -0.2) is 4.98 Å². The van der Waals surface area contributed by atoms with E-state index in [1.807, 2.05) is 5.51 Å². The Labute approximate surface area is 103 Å². The molecule has 1 heterocycles. The summed E-state index contributed by atoms with van der Waals surface area (Å²) in [6.45, 7) is 7.87. The molecule has 2 nitrogen and oxygen atoms in total. The molecule has 0 bridgehead atoms. The summed E-state index contributed by atoms with van der Waals surface area (Å²) in [5.41, 5.74) is 3.08. The van der Waals surface area contributed by atoms with Crippen LogP contribution in [0.5, 0.6) is 0 Å². The zero-order valence-corrected chi connectivity index (χ0v) is 11.5. The van der Waals surface area contributed by atoms with Gasteiger partial charge in [0.15, 0.2) is 0 Å². The van der Waals surface area contributed by atoms with E-state index < -0.39 is 0 Å². The summed E-state index contributed by atoms with van der Waals surface area (Å²) in [7, 11) is 0. The molecular formula is C13H24N2S. The van der Waals surface area contributed by atoms with Gasteiger partial charge in [-0.05, 0) is 25.8 Å². The van der Waals surface area contributed by atoms with Crippen LogP contribution < -0.4 is 5.32 Å². The first-order valence-corrected chi connectivity index (χ1v) is 7.33. The molecule has 2 atom stereocenters. The van der Waals surface area contributed by atoms with Crippen LogP contribution in [0.25, 0.3) is 0 Å². The molecule has 1 rings (SSSR count). The van der Waals surface area contributed by atoms with E-state index in [9.17, 15) is 0 Å². The van der Waals surface area contributed by atoms with Gasteiger partial charge in [0, 0.05) is 11.4 Å². The van der Waals surface area contributed by atoms with Gasteiger partial charge >= 0.3 is 0 Å². The monoisotopic (exact) mass is 240 g/mol. The van der Waals surface area contributed by atoms with E-state index in [0.717, 1.165) is 12.5 Å². The average molecular weight is 240 g/mol. The summed E-state index contributed by atoms with van der Waals surface area (Å²) in [5, 5.41) is 5.72. The van der Waals surface area contributed by atoms with E-state index in [1.54, 1.807) is 11.3 Å². The molecule has 2 unspecified atom stereocenters. The molecule has 1 aromatic rings. The van der Waals surface area contributed by atoms with Crippen molar-refractivity contribution >= 4 is 11.3 Å². The Balaban J connectivity index is 2.26.